The monoisotopic (exact) mass is 300 g/mol. The van der Waals surface area contributed by atoms with Crippen LogP contribution in [0.3, 0.4) is 0 Å². The van der Waals surface area contributed by atoms with Crippen LogP contribution in [-0.4, -0.2) is 17.9 Å². The van der Waals surface area contributed by atoms with E-state index in [-0.39, 0.29) is 5.78 Å². The van der Waals surface area contributed by atoms with Crippen LogP contribution in [0.25, 0.3) is 0 Å². The average Bonchev–Trinajstić information content (AvgIpc) is 2.78. The number of carbonyl (C=O) groups excluding carboxylic acids is 1. The number of aromatic nitrogens is 1. The van der Waals surface area contributed by atoms with Crippen LogP contribution in [0.4, 0.5) is 0 Å². The van der Waals surface area contributed by atoms with E-state index in [0.717, 1.165) is 10.6 Å². The zero-order valence-corrected chi connectivity index (χ0v) is 13.2. The van der Waals surface area contributed by atoms with Gasteiger partial charge in [0.2, 0.25) is 0 Å². The Morgan fingerprint density at radius 3 is 2.62 bits per heavy atom. The Hall–Kier alpha value is -2.19. The van der Waals surface area contributed by atoms with Gasteiger partial charge in [0.25, 0.3) is 0 Å². The van der Waals surface area contributed by atoms with E-state index in [1.54, 1.807) is 13.0 Å². The summed E-state index contributed by atoms with van der Waals surface area (Å²) in [6, 6.07) is 7.61. The van der Waals surface area contributed by atoms with Crippen molar-refractivity contribution in [3.8, 4) is 11.8 Å². The minimum absolute atomic E-state index is 0.218. The summed E-state index contributed by atoms with van der Waals surface area (Å²) in [4.78, 5) is 17.5. The van der Waals surface area contributed by atoms with E-state index in [2.05, 4.69) is 11.1 Å². The van der Waals surface area contributed by atoms with Crippen molar-refractivity contribution in [2.75, 3.05) is 7.11 Å². The second-order valence-corrected chi connectivity index (χ2v) is 6.02. The first-order valence-corrected chi connectivity index (χ1v) is 7.32. The van der Waals surface area contributed by atoms with E-state index < -0.39 is 5.92 Å². The molecule has 0 saturated heterocycles. The third kappa shape index (κ3) is 2.96. The highest BCUT2D eigenvalue weighted by Gasteiger charge is 2.28. The van der Waals surface area contributed by atoms with Gasteiger partial charge < -0.3 is 4.74 Å². The molecule has 4 nitrogen and oxygen atoms in total. The number of aryl methyl sites for hydroxylation is 3. The summed E-state index contributed by atoms with van der Waals surface area (Å²) in [5.41, 5.74) is 2.26. The summed E-state index contributed by atoms with van der Waals surface area (Å²) in [6.07, 6.45) is 0. The molecule has 108 valence electrons. The van der Waals surface area contributed by atoms with Gasteiger partial charge in [-0.05, 0) is 26.8 Å². The number of nitrogens with zero attached hydrogens (tertiary/aromatic N) is 2. The van der Waals surface area contributed by atoms with Gasteiger partial charge >= 0.3 is 0 Å². The summed E-state index contributed by atoms with van der Waals surface area (Å²) in [7, 11) is 1.54. The SMILES string of the molecule is COc1ccc(C)cc1C(C#N)C(=O)c1sc(C)nc1C. The fraction of sp³-hybridized carbons (Fsp3) is 0.312. The van der Waals surface area contributed by atoms with Crippen molar-refractivity contribution in [3.05, 3.63) is 44.9 Å². The maximum atomic E-state index is 12.7. The zero-order valence-electron chi connectivity index (χ0n) is 12.4. The van der Waals surface area contributed by atoms with E-state index in [4.69, 9.17) is 4.74 Å². The first-order chi connectivity index (χ1) is 9.97. The lowest BCUT2D eigenvalue weighted by atomic mass is 9.92. The molecule has 0 N–H and O–H groups in total. The molecule has 5 heteroatoms. The molecular weight excluding hydrogens is 284 g/mol. The van der Waals surface area contributed by atoms with Crippen molar-refractivity contribution in [2.45, 2.75) is 26.7 Å². The van der Waals surface area contributed by atoms with Crippen molar-refractivity contribution in [1.82, 2.24) is 4.98 Å². The van der Waals surface area contributed by atoms with Gasteiger partial charge in [0.15, 0.2) is 5.78 Å². The van der Waals surface area contributed by atoms with Gasteiger partial charge in [0.05, 0.1) is 28.8 Å². The van der Waals surface area contributed by atoms with Gasteiger partial charge in [-0.25, -0.2) is 4.98 Å². The Kier molecular flexibility index (Phi) is 4.39. The molecule has 0 amide bonds. The Morgan fingerprint density at radius 2 is 2.10 bits per heavy atom. The number of methoxy groups -OCH3 is 1. The summed E-state index contributed by atoms with van der Waals surface area (Å²) in [5, 5.41) is 10.3. The third-order valence-electron chi connectivity index (χ3n) is 3.21. The van der Waals surface area contributed by atoms with Crippen molar-refractivity contribution >= 4 is 17.1 Å². The van der Waals surface area contributed by atoms with Crippen molar-refractivity contribution in [3.63, 3.8) is 0 Å². The van der Waals surface area contributed by atoms with Crippen molar-refractivity contribution in [1.29, 1.82) is 5.26 Å². The summed E-state index contributed by atoms with van der Waals surface area (Å²) in [6.45, 7) is 5.56. The fourth-order valence-corrected chi connectivity index (χ4v) is 3.13. The first kappa shape index (κ1) is 15.2. The number of carbonyl (C=O) groups is 1. The fourth-order valence-electron chi connectivity index (χ4n) is 2.24. The highest BCUT2D eigenvalue weighted by atomic mass is 32.1. The molecule has 2 rings (SSSR count). The zero-order chi connectivity index (χ0) is 15.6. The van der Waals surface area contributed by atoms with E-state index in [9.17, 15) is 10.1 Å². The van der Waals surface area contributed by atoms with Crippen LogP contribution in [0.15, 0.2) is 18.2 Å². The predicted molar refractivity (Wildman–Crippen MR) is 82.0 cm³/mol. The largest absolute Gasteiger partial charge is 0.496 e. The topological polar surface area (TPSA) is 63.0 Å². The Bertz CT molecular complexity index is 728. The molecule has 0 aliphatic rings. The lowest BCUT2D eigenvalue weighted by molar-refractivity contribution is 0.0981. The molecule has 0 spiro atoms. The number of nitriles is 1. The molecule has 0 saturated carbocycles. The van der Waals surface area contributed by atoms with Crippen LogP contribution in [0, 0.1) is 32.1 Å². The maximum Gasteiger partial charge on any atom is 0.196 e. The number of ether oxygens (including phenoxy) is 1. The minimum atomic E-state index is -0.876. The van der Waals surface area contributed by atoms with Crippen LogP contribution in [0.2, 0.25) is 0 Å². The number of hydrogen-bond acceptors (Lipinski definition) is 5. The van der Waals surface area contributed by atoms with Crippen LogP contribution >= 0.6 is 11.3 Å². The smallest absolute Gasteiger partial charge is 0.196 e. The molecule has 0 aliphatic heterocycles. The van der Waals surface area contributed by atoms with E-state index in [0.29, 0.717) is 21.9 Å². The summed E-state index contributed by atoms with van der Waals surface area (Å²) >= 11 is 1.33. The van der Waals surface area contributed by atoms with Gasteiger partial charge in [-0.2, -0.15) is 5.26 Å². The number of rotatable bonds is 4. The molecule has 1 atom stereocenters. The Labute approximate surface area is 128 Å². The predicted octanol–water partition coefficient (Wildman–Crippen LogP) is 3.57. The molecule has 0 bridgehead atoms. The van der Waals surface area contributed by atoms with Crippen LogP contribution in [0.1, 0.15) is 37.4 Å². The number of Topliss-reactive ketones (excluding diaryl/α,β-unsaturated/α-hetero) is 1. The normalized spacial score (nSPS) is 11.8. The highest BCUT2D eigenvalue weighted by Crippen LogP contribution is 2.32. The molecule has 1 aromatic carbocycles. The second-order valence-electron chi connectivity index (χ2n) is 4.82. The molecule has 21 heavy (non-hydrogen) atoms. The molecule has 0 aliphatic carbocycles. The minimum Gasteiger partial charge on any atom is -0.496 e. The summed E-state index contributed by atoms with van der Waals surface area (Å²) < 4.78 is 5.29. The molecule has 0 radical (unpaired) electrons. The van der Waals surface area contributed by atoms with Crippen molar-refractivity contribution < 1.29 is 9.53 Å². The van der Waals surface area contributed by atoms with Crippen LogP contribution in [-0.2, 0) is 0 Å². The van der Waals surface area contributed by atoms with E-state index in [1.165, 1.54) is 18.4 Å². The first-order valence-electron chi connectivity index (χ1n) is 6.50. The standard InChI is InChI=1S/C16H16N2O2S/c1-9-5-6-14(20-4)12(7-9)13(8-17)15(19)16-10(2)18-11(3)21-16/h5-7,13H,1-4H3. The number of hydrogen-bond donors (Lipinski definition) is 0. The third-order valence-corrected chi connectivity index (χ3v) is 4.30. The number of ketones is 1. The van der Waals surface area contributed by atoms with Gasteiger partial charge in [-0.1, -0.05) is 17.7 Å². The molecular formula is C16H16N2O2S. The van der Waals surface area contributed by atoms with E-state index >= 15 is 0 Å². The molecule has 2 aromatic rings. The Balaban J connectivity index is 2.50. The Morgan fingerprint density at radius 1 is 1.38 bits per heavy atom. The highest BCUT2D eigenvalue weighted by molar-refractivity contribution is 7.13. The van der Waals surface area contributed by atoms with Gasteiger partial charge in [0, 0.05) is 5.56 Å². The van der Waals surface area contributed by atoms with Gasteiger partial charge in [0.1, 0.15) is 11.7 Å². The van der Waals surface area contributed by atoms with Crippen LogP contribution in [0.5, 0.6) is 5.75 Å². The van der Waals surface area contributed by atoms with Crippen molar-refractivity contribution in [2.24, 2.45) is 0 Å². The quantitative estimate of drug-likeness (QED) is 0.810. The molecule has 0 fully saturated rings. The maximum absolute atomic E-state index is 12.7. The lowest BCUT2D eigenvalue weighted by Crippen LogP contribution is -2.12. The lowest BCUT2D eigenvalue weighted by Gasteiger charge is -2.13. The van der Waals surface area contributed by atoms with Crippen LogP contribution < -0.4 is 4.74 Å². The average molecular weight is 300 g/mol. The van der Waals surface area contributed by atoms with Gasteiger partial charge in [-0.15, -0.1) is 11.3 Å². The second kappa shape index (κ2) is 6.06. The van der Waals surface area contributed by atoms with Gasteiger partial charge in [-0.3, -0.25) is 4.79 Å². The number of thiazole rings is 1. The number of benzene rings is 1. The molecule has 1 unspecified atom stereocenters. The molecule has 1 aromatic heterocycles. The summed E-state index contributed by atoms with van der Waals surface area (Å²) in [5.74, 6) is -0.540. The van der Waals surface area contributed by atoms with E-state index in [1.807, 2.05) is 26.0 Å². The molecule has 1 heterocycles.